The van der Waals surface area contributed by atoms with Crippen molar-refractivity contribution in [1.82, 2.24) is 5.32 Å². The van der Waals surface area contributed by atoms with Crippen LogP contribution in [0.5, 0.6) is 0 Å². The molecule has 13 heavy (non-hydrogen) atoms. The van der Waals surface area contributed by atoms with Gasteiger partial charge in [-0.1, -0.05) is 26.8 Å². The Hall–Kier alpha value is -0.790. The van der Waals surface area contributed by atoms with Crippen molar-refractivity contribution in [1.29, 1.82) is 0 Å². The number of amides is 1. The fourth-order valence-corrected chi connectivity index (χ4v) is 1.24. The topological polar surface area (TPSA) is 29.1 Å². The Morgan fingerprint density at radius 3 is 2.54 bits per heavy atom. The standard InChI is InChI=1S/C11H19NO/c1-4-5-10(8(2)3)12-11(13)9-6-7-9/h5,8-9H,4,6-7H2,1-3H3,(H,12,13). The number of nitrogens with one attached hydrogen (secondary N) is 1. The Morgan fingerprint density at radius 1 is 1.54 bits per heavy atom. The molecule has 0 aromatic heterocycles. The zero-order valence-electron chi connectivity index (χ0n) is 8.76. The van der Waals surface area contributed by atoms with E-state index in [0.717, 1.165) is 25.0 Å². The van der Waals surface area contributed by atoms with E-state index in [-0.39, 0.29) is 5.91 Å². The summed E-state index contributed by atoms with van der Waals surface area (Å²) in [5, 5.41) is 3.00. The highest BCUT2D eigenvalue weighted by Crippen LogP contribution is 2.29. The van der Waals surface area contributed by atoms with Crippen LogP contribution in [0.1, 0.15) is 40.0 Å². The van der Waals surface area contributed by atoms with Crippen LogP contribution in [0.2, 0.25) is 0 Å². The van der Waals surface area contributed by atoms with Gasteiger partial charge in [0, 0.05) is 11.6 Å². The van der Waals surface area contributed by atoms with Crippen LogP contribution in [0.25, 0.3) is 0 Å². The van der Waals surface area contributed by atoms with Crippen molar-refractivity contribution in [2.75, 3.05) is 0 Å². The molecule has 0 unspecified atom stereocenters. The molecular formula is C11H19NO. The van der Waals surface area contributed by atoms with E-state index < -0.39 is 0 Å². The summed E-state index contributed by atoms with van der Waals surface area (Å²) in [5.74, 6) is 0.940. The molecule has 0 atom stereocenters. The minimum absolute atomic E-state index is 0.216. The number of carbonyl (C=O) groups is 1. The van der Waals surface area contributed by atoms with Crippen LogP contribution in [0.3, 0.4) is 0 Å². The van der Waals surface area contributed by atoms with E-state index in [9.17, 15) is 4.79 Å². The fourth-order valence-electron chi connectivity index (χ4n) is 1.24. The molecule has 2 heteroatoms. The molecule has 1 N–H and O–H groups in total. The second-order valence-corrected chi connectivity index (χ2v) is 3.99. The summed E-state index contributed by atoms with van der Waals surface area (Å²) in [5.41, 5.74) is 1.08. The molecule has 1 fully saturated rings. The van der Waals surface area contributed by atoms with Gasteiger partial charge in [-0.05, 0) is 25.2 Å². The third-order valence-corrected chi connectivity index (χ3v) is 2.26. The molecule has 0 heterocycles. The van der Waals surface area contributed by atoms with Crippen molar-refractivity contribution >= 4 is 5.91 Å². The molecule has 1 amide bonds. The molecule has 74 valence electrons. The first-order chi connectivity index (χ1) is 6.15. The molecule has 0 radical (unpaired) electrons. The summed E-state index contributed by atoms with van der Waals surface area (Å²) in [4.78, 5) is 11.4. The predicted molar refractivity (Wildman–Crippen MR) is 54.1 cm³/mol. The minimum atomic E-state index is 0.216. The van der Waals surface area contributed by atoms with E-state index in [0.29, 0.717) is 11.8 Å². The SMILES string of the molecule is CCC=C(NC(=O)C1CC1)C(C)C. The van der Waals surface area contributed by atoms with Crippen LogP contribution in [-0.4, -0.2) is 5.91 Å². The van der Waals surface area contributed by atoms with E-state index in [2.05, 4.69) is 32.2 Å². The third kappa shape index (κ3) is 3.21. The molecule has 0 bridgehead atoms. The second-order valence-electron chi connectivity index (χ2n) is 3.99. The smallest absolute Gasteiger partial charge is 0.227 e. The van der Waals surface area contributed by atoms with Gasteiger partial charge < -0.3 is 5.32 Å². The lowest BCUT2D eigenvalue weighted by Gasteiger charge is -2.12. The maximum atomic E-state index is 11.4. The highest BCUT2D eigenvalue weighted by atomic mass is 16.2. The van der Waals surface area contributed by atoms with Crippen molar-refractivity contribution in [3.05, 3.63) is 11.8 Å². The number of rotatable bonds is 4. The van der Waals surface area contributed by atoms with Crippen molar-refractivity contribution in [2.24, 2.45) is 11.8 Å². The van der Waals surface area contributed by atoms with Gasteiger partial charge in [0.2, 0.25) is 5.91 Å². The Labute approximate surface area is 80.4 Å². The summed E-state index contributed by atoms with van der Waals surface area (Å²) < 4.78 is 0. The molecule has 2 nitrogen and oxygen atoms in total. The van der Waals surface area contributed by atoms with Crippen LogP contribution in [0.15, 0.2) is 11.8 Å². The van der Waals surface area contributed by atoms with Crippen LogP contribution in [0, 0.1) is 11.8 Å². The zero-order valence-corrected chi connectivity index (χ0v) is 8.76. The average molecular weight is 181 g/mol. The van der Waals surface area contributed by atoms with E-state index in [4.69, 9.17) is 0 Å². The summed E-state index contributed by atoms with van der Waals surface area (Å²) in [6.07, 6.45) is 5.23. The van der Waals surface area contributed by atoms with Crippen LogP contribution in [0.4, 0.5) is 0 Å². The first-order valence-corrected chi connectivity index (χ1v) is 5.16. The van der Waals surface area contributed by atoms with Gasteiger partial charge in [0.15, 0.2) is 0 Å². The number of carbonyl (C=O) groups excluding carboxylic acids is 1. The molecular weight excluding hydrogens is 162 g/mol. The highest BCUT2D eigenvalue weighted by Gasteiger charge is 2.30. The molecule has 1 aliphatic carbocycles. The van der Waals surface area contributed by atoms with Gasteiger partial charge in [0.1, 0.15) is 0 Å². The molecule has 0 aliphatic heterocycles. The quantitative estimate of drug-likeness (QED) is 0.709. The molecule has 0 saturated heterocycles. The van der Waals surface area contributed by atoms with Gasteiger partial charge in [-0.25, -0.2) is 0 Å². The van der Waals surface area contributed by atoms with E-state index in [1.165, 1.54) is 0 Å². The van der Waals surface area contributed by atoms with Gasteiger partial charge in [0.25, 0.3) is 0 Å². The maximum Gasteiger partial charge on any atom is 0.227 e. The van der Waals surface area contributed by atoms with Crippen molar-refractivity contribution in [3.63, 3.8) is 0 Å². The monoisotopic (exact) mass is 181 g/mol. The maximum absolute atomic E-state index is 11.4. The van der Waals surface area contributed by atoms with Crippen LogP contribution in [-0.2, 0) is 4.79 Å². The lowest BCUT2D eigenvalue weighted by Crippen LogP contribution is -2.26. The van der Waals surface area contributed by atoms with E-state index >= 15 is 0 Å². The first-order valence-electron chi connectivity index (χ1n) is 5.16. The second kappa shape index (κ2) is 4.45. The molecule has 1 saturated carbocycles. The number of hydrogen-bond acceptors (Lipinski definition) is 1. The first kappa shape index (κ1) is 10.3. The van der Waals surface area contributed by atoms with Crippen molar-refractivity contribution < 1.29 is 4.79 Å². The fraction of sp³-hybridized carbons (Fsp3) is 0.727. The lowest BCUT2D eigenvalue weighted by atomic mass is 10.1. The summed E-state index contributed by atoms with van der Waals surface area (Å²) in [6.45, 7) is 6.30. The van der Waals surface area contributed by atoms with Crippen LogP contribution < -0.4 is 5.32 Å². The van der Waals surface area contributed by atoms with E-state index in [1.807, 2.05) is 0 Å². The Bertz CT molecular complexity index is 214. The summed E-state index contributed by atoms with van der Waals surface area (Å²) in [6, 6.07) is 0. The zero-order chi connectivity index (χ0) is 9.84. The van der Waals surface area contributed by atoms with Crippen molar-refractivity contribution in [2.45, 2.75) is 40.0 Å². The minimum Gasteiger partial charge on any atom is -0.330 e. The number of hydrogen-bond donors (Lipinski definition) is 1. The Kier molecular flexibility index (Phi) is 3.52. The Balaban J connectivity index is 2.46. The van der Waals surface area contributed by atoms with Gasteiger partial charge in [-0.2, -0.15) is 0 Å². The summed E-state index contributed by atoms with van der Waals surface area (Å²) >= 11 is 0. The molecule has 1 rings (SSSR count). The predicted octanol–water partition coefficient (Wildman–Crippen LogP) is 2.46. The van der Waals surface area contributed by atoms with Gasteiger partial charge in [-0.15, -0.1) is 0 Å². The molecule has 0 aromatic rings. The van der Waals surface area contributed by atoms with E-state index in [1.54, 1.807) is 0 Å². The molecule has 1 aliphatic rings. The Morgan fingerprint density at radius 2 is 2.15 bits per heavy atom. The van der Waals surface area contributed by atoms with Gasteiger partial charge >= 0.3 is 0 Å². The van der Waals surface area contributed by atoms with Gasteiger partial charge in [0.05, 0.1) is 0 Å². The van der Waals surface area contributed by atoms with Crippen molar-refractivity contribution in [3.8, 4) is 0 Å². The van der Waals surface area contributed by atoms with Crippen LogP contribution >= 0.6 is 0 Å². The molecule has 0 aromatic carbocycles. The number of allylic oxidation sites excluding steroid dienone is 2. The molecule has 0 spiro atoms. The normalized spacial score (nSPS) is 17.7. The lowest BCUT2D eigenvalue weighted by molar-refractivity contribution is -0.121. The largest absolute Gasteiger partial charge is 0.330 e. The highest BCUT2D eigenvalue weighted by molar-refractivity contribution is 5.82. The third-order valence-electron chi connectivity index (χ3n) is 2.26. The summed E-state index contributed by atoms with van der Waals surface area (Å²) in [7, 11) is 0. The average Bonchev–Trinajstić information content (AvgIpc) is 2.85. The van der Waals surface area contributed by atoms with Gasteiger partial charge in [-0.3, -0.25) is 4.79 Å².